The zero-order chi connectivity index (χ0) is 25.3. The number of carbonyl (C=O) groups excluding carboxylic acids is 2. The minimum Gasteiger partial charge on any atom is -0.495 e. The van der Waals surface area contributed by atoms with Gasteiger partial charge in [0.2, 0.25) is 0 Å². The van der Waals surface area contributed by atoms with E-state index in [9.17, 15) is 9.59 Å². The van der Waals surface area contributed by atoms with E-state index in [-0.39, 0.29) is 17.6 Å². The van der Waals surface area contributed by atoms with Crippen LogP contribution in [0.3, 0.4) is 0 Å². The van der Waals surface area contributed by atoms with E-state index in [0.717, 1.165) is 0 Å². The van der Waals surface area contributed by atoms with E-state index >= 15 is 0 Å². The van der Waals surface area contributed by atoms with Crippen LogP contribution in [-0.2, 0) is 0 Å². The number of ketones is 1. The lowest BCUT2D eigenvalue weighted by molar-refractivity contribution is 0.104. The van der Waals surface area contributed by atoms with Gasteiger partial charge < -0.3 is 25.7 Å². The fourth-order valence-corrected chi connectivity index (χ4v) is 4.17. The highest BCUT2D eigenvalue weighted by molar-refractivity contribution is 6.32. The van der Waals surface area contributed by atoms with Crippen LogP contribution in [0.5, 0.6) is 5.75 Å². The number of urea groups is 1. The lowest BCUT2D eigenvalue weighted by Crippen LogP contribution is -2.44. The first kappa shape index (κ1) is 24.6. The maximum atomic E-state index is 13.5. The Labute approximate surface area is 212 Å². The summed E-state index contributed by atoms with van der Waals surface area (Å²) in [7, 11) is 1.47. The lowest BCUT2D eigenvalue weighted by Gasteiger charge is -2.26. The van der Waals surface area contributed by atoms with Crippen molar-refractivity contribution in [2.24, 2.45) is 0 Å². The second-order valence-corrected chi connectivity index (χ2v) is 9.42. The highest BCUT2D eigenvalue weighted by Gasteiger charge is 2.28. The molecule has 0 saturated heterocycles. The monoisotopic (exact) mass is 514 g/mol. The summed E-state index contributed by atoms with van der Waals surface area (Å²) in [5, 5.41) is 6.43. The quantitative estimate of drug-likeness (QED) is 0.242. The van der Waals surface area contributed by atoms with Crippen molar-refractivity contribution < 1.29 is 14.3 Å². The van der Waals surface area contributed by atoms with E-state index in [1.165, 1.54) is 19.5 Å². The molecule has 0 spiro atoms. The summed E-state index contributed by atoms with van der Waals surface area (Å²) in [6.07, 6.45) is 8.33. The number of nitrogens with zero attached hydrogens (tertiary/aromatic N) is 3. The Bertz CT molecular complexity index is 1380. The number of aromatic nitrogens is 3. The molecule has 4 rings (SSSR count). The first-order valence-corrected chi connectivity index (χ1v) is 11.5. The van der Waals surface area contributed by atoms with Crippen molar-refractivity contribution >= 4 is 57.6 Å². The Morgan fingerprint density at radius 3 is 2.71 bits per heavy atom. The van der Waals surface area contributed by atoms with Crippen LogP contribution in [0.4, 0.5) is 16.3 Å². The van der Waals surface area contributed by atoms with Crippen molar-refractivity contribution in [3.8, 4) is 5.75 Å². The molecule has 4 N–H and O–H groups in total. The van der Waals surface area contributed by atoms with E-state index in [1.54, 1.807) is 36.6 Å². The Kier molecular flexibility index (Phi) is 6.73. The zero-order valence-electron chi connectivity index (χ0n) is 19.3. The highest BCUT2D eigenvalue weighted by Crippen LogP contribution is 2.32. The smallest absolute Gasteiger partial charge is 0.320 e. The van der Waals surface area contributed by atoms with E-state index in [4.69, 9.17) is 33.7 Å². The Morgan fingerprint density at radius 1 is 1.29 bits per heavy atom. The predicted molar refractivity (Wildman–Crippen MR) is 137 cm³/mol. The molecule has 11 heteroatoms. The number of benzene rings is 1. The van der Waals surface area contributed by atoms with Crippen LogP contribution >= 0.6 is 23.2 Å². The molecule has 2 heterocycles. The molecule has 1 atom stereocenters. The molecule has 9 nitrogen and oxygen atoms in total. The number of carbonyl (C=O) groups is 2. The Balaban J connectivity index is 1.65. The fraction of sp³-hybridized carbons (Fsp3) is 0.250. The maximum absolute atomic E-state index is 13.5. The van der Waals surface area contributed by atoms with Crippen LogP contribution in [-0.4, -0.2) is 38.5 Å². The summed E-state index contributed by atoms with van der Waals surface area (Å²) >= 11 is 12.4. The van der Waals surface area contributed by atoms with E-state index < -0.39 is 11.0 Å². The predicted octanol–water partition coefficient (Wildman–Crippen LogP) is 4.97. The molecule has 1 unspecified atom stereocenters. The number of hydrogen-bond acceptors (Lipinski definition) is 6. The van der Waals surface area contributed by atoms with Crippen molar-refractivity contribution in [1.29, 1.82) is 0 Å². The van der Waals surface area contributed by atoms with Gasteiger partial charge in [-0.25, -0.2) is 14.8 Å². The highest BCUT2D eigenvalue weighted by atomic mass is 35.5. The van der Waals surface area contributed by atoms with Gasteiger partial charge >= 0.3 is 6.03 Å². The molecular formula is C24H24Cl2N6O3. The summed E-state index contributed by atoms with van der Waals surface area (Å²) in [4.78, 5) is 33.5. The second-order valence-electron chi connectivity index (χ2n) is 8.31. The number of hydrogen-bond donors (Lipinski definition) is 3. The summed E-state index contributed by atoms with van der Waals surface area (Å²) in [5.74, 6) is 0.284. The third kappa shape index (κ3) is 4.96. The van der Waals surface area contributed by atoms with Gasteiger partial charge in [0, 0.05) is 29.3 Å². The number of amides is 2. The van der Waals surface area contributed by atoms with Crippen molar-refractivity contribution in [3.63, 3.8) is 0 Å². The van der Waals surface area contributed by atoms with Gasteiger partial charge in [0.25, 0.3) is 0 Å². The van der Waals surface area contributed by atoms with Crippen molar-refractivity contribution in [2.75, 3.05) is 18.2 Å². The van der Waals surface area contributed by atoms with Gasteiger partial charge in [0.05, 0.1) is 23.7 Å². The van der Waals surface area contributed by atoms with Crippen LogP contribution in [0.15, 0.2) is 54.0 Å². The summed E-state index contributed by atoms with van der Waals surface area (Å²) < 4.78 is 7.24. The molecule has 0 bridgehead atoms. The number of anilines is 2. The number of nitrogens with one attached hydrogen (secondary N) is 2. The number of rotatable bonds is 6. The van der Waals surface area contributed by atoms with Gasteiger partial charge in [0.15, 0.2) is 5.78 Å². The largest absolute Gasteiger partial charge is 0.495 e. The van der Waals surface area contributed by atoms with Gasteiger partial charge in [-0.15, -0.1) is 0 Å². The van der Waals surface area contributed by atoms with Crippen molar-refractivity contribution in [3.05, 3.63) is 65.1 Å². The average molecular weight is 515 g/mol. The standard InChI is InChI=1S/C24H24Cl2N6O3/c1-13(2)32-11-16(19-21(27)28-12-29-22(19)32)20(33)14-4-5-18(35-3)17(10-14)30-23(34)31-24(26)8-6-15(25)7-9-24/h4-8,10-13H,9H2,1-3H3,(H2,27,28,29)(H2,30,31,34). The SMILES string of the molecule is COc1ccc(C(=O)c2cn(C(C)C)c3ncnc(N)c23)cc1NC(=O)NC1(Cl)C=CC(Cl)=CC1. The lowest BCUT2D eigenvalue weighted by atomic mass is 10.0. The van der Waals surface area contributed by atoms with Crippen molar-refractivity contribution in [2.45, 2.75) is 31.3 Å². The molecular weight excluding hydrogens is 491 g/mol. The van der Waals surface area contributed by atoms with Crippen molar-refractivity contribution in [1.82, 2.24) is 19.9 Å². The number of alkyl halides is 1. The second kappa shape index (κ2) is 9.59. The zero-order valence-corrected chi connectivity index (χ0v) is 20.8. The van der Waals surface area contributed by atoms with Gasteiger partial charge in [-0.2, -0.15) is 0 Å². The molecule has 0 saturated carbocycles. The Hall–Kier alpha value is -3.56. The van der Waals surface area contributed by atoms with Crippen LogP contribution in [0.2, 0.25) is 0 Å². The minimum atomic E-state index is -1.13. The molecule has 2 amide bonds. The molecule has 0 fully saturated rings. The minimum absolute atomic E-state index is 0.0478. The van der Waals surface area contributed by atoms with Gasteiger partial charge in [-0.1, -0.05) is 29.3 Å². The summed E-state index contributed by atoms with van der Waals surface area (Å²) in [6.45, 7) is 3.96. The molecule has 0 aliphatic heterocycles. The number of allylic oxidation sites excluding steroid dienone is 2. The van der Waals surface area contributed by atoms with Crippen LogP contribution in [0, 0.1) is 0 Å². The molecule has 1 aliphatic carbocycles. The number of nitrogen functional groups attached to an aromatic ring is 1. The number of ether oxygens (including phenoxy) is 1. The first-order chi connectivity index (χ1) is 16.6. The normalized spacial score (nSPS) is 17.4. The molecule has 1 aromatic carbocycles. The van der Waals surface area contributed by atoms with Crippen LogP contribution in [0.1, 0.15) is 42.2 Å². The topological polar surface area (TPSA) is 124 Å². The number of nitrogens with two attached hydrogens (primary N) is 1. The molecule has 182 valence electrons. The average Bonchev–Trinajstić information content (AvgIpc) is 3.22. The maximum Gasteiger partial charge on any atom is 0.320 e. The molecule has 0 radical (unpaired) electrons. The van der Waals surface area contributed by atoms with E-state index in [0.29, 0.717) is 45.1 Å². The van der Waals surface area contributed by atoms with Gasteiger partial charge in [-0.3, -0.25) is 4.79 Å². The fourth-order valence-electron chi connectivity index (χ4n) is 3.81. The van der Waals surface area contributed by atoms with Crippen LogP contribution in [0.25, 0.3) is 11.0 Å². The molecule has 3 aromatic rings. The first-order valence-electron chi connectivity index (χ1n) is 10.8. The molecule has 1 aliphatic rings. The number of fused-ring (bicyclic) bond motifs is 1. The van der Waals surface area contributed by atoms with Crippen LogP contribution < -0.4 is 21.1 Å². The summed E-state index contributed by atoms with van der Waals surface area (Å²) in [6, 6.07) is 4.22. The van der Waals surface area contributed by atoms with E-state index in [2.05, 4.69) is 20.6 Å². The number of halogens is 2. The molecule has 2 aromatic heterocycles. The van der Waals surface area contributed by atoms with Gasteiger partial charge in [-0.05, 0) is 44.2 Å². The molecule has 35 heavy (non-hydrogen) atoms. The van der Waals surface area contributed by atoms with E-state index in [1.807, 2.05) is 18.4 Å². The Morgan fingerprint density at radius 2 is 2.06 bits per heavy atom. The van der Waals surface area contributed by atoms with Gasteiger partial charge in [0.1, 0.15) is 28.5 Å². The number of methoxy groups -OCH3 is 1. The third-order valence-electron chi connectivity index (χ3n) is 5.57. The summed E-state index contributed by atoms with van der Waals surface area (Å²) in [5.41, 5.74) is 7.66. The third-order valence-corrected chi connectivity index (χ3v) is 6.23.